The number of piperidine rings is 1. The van der Waals surface area contributed by atoms with E-state index >= 15 is 0 Å². The van der Waals surface area contributed by atoms with Gasteiger partial charge in [0.2, 0.25) is 5.91 Å². The maximum Gasteiger partial charge on any atom is 0.410 e. The van der Waals surface area contributed by atoms with Crippen LogP contribution in [0, 0.1) is 5.92 Å². The first kappa shape index (κ1) is 22.4. The fraction of sp³-hybridized carbons (Fsp3) is 0.652. The maximum atomic E-state index is 12.7. The molecule has 30 heavy (non-hydrogen) atoms. The number of carbonyl (C=O) groups is 2. The van der Waals surface area contributed by atoms with Gasteiger partial charge in [0, 0.05) is 49.5 Å². The quantitative estimate of drug-likeness (QED) is 0.815. The van der Waals surface area contributed by atoms with E-state index in [0.717, 1.165) is 18.8 Å². The van der Waals surface area contributed by atoms with Gasteiger partial charge < -0.3 is 24.8 Å². The average Bonchev–Trinajstić information content (AvgIpc) is 3.18. The number of ether oxygens (including phenoxy) is 1. The number of benzene rings is 1. The summed E-state index contributed by atoms with van der Waals surface area (Å²) >= 11 is 0. The van der Waals surface area contributed by atoms with Crippen molar-refractivity contribution in [2.24, 2.45) is 5.92 Å². The normalized spacial score (nSPS) is 20.5. The highest BCUT2D eigenvalue weighted by atomic mass is 16.6. The highest BCUT2D eigenvalue weighted by Crippen LogP contribution is 2.25. The predicted molar refractivity (Wildman–Crippen MR) is 120 cm³/mol. The third-order valence-corrected chi connectivity index (χ3v) is 5.91. The summed E-state index contributed by atoms with van der Waals surface area (Å²) in [5.41, 5.74) is 1.52. The van der Waals surface area contributed by atoms with Crippen LogP contribution in [-0.2, 0) is 9.53 Å². The molecule has 2 aliphatic rings. The molecule has 1 N–H and O–H groups in total. The van der Waals surface area contributed by atoms with Crippen molar-refractivity contribution in [1.82, 2.24) is 9.80 Å². The first-order valence-corrected chi connectivity index (χ1v) is 10.9. The second-order valence-corrected chi connectivity index (χ2v) is 9.63. The topological polar surface area (TPSA) is 65.1 Å². The monoisotopic (exact) mass is 416 g/mol. The van der Waals surface area contributed by atoms with Gasteiger partial charge in [-0.3, -0.25) is 4.79 Å². The van der Waals surface area contributed by atoms with Crippen LogP contribution in [0.3, 0.4) is 0 Å². The smallest absolute Gasteiger partial charge is 0.410 e. The Morgan fingerprint density at radius 3 is 2.20 bits per heavy atom. The van der Waals surface area contributed by atoms with Gasteiger partial charge in [-0.15, -0.1) is 0 Å². The van der Waals surface area contributed by atoms with Crippen LogP contribution < -0.4 is 10.2 Å². The standard InChI is InChI=1S/C23H36N4O3/c1-23(2,3)30-22(29)26-13-10-17(11-14-26)21(28)24-18-6-8-19(9-7-18)27-15-12-20(16-27)25(4)5/h6-9,17,20H,10-16H2,1-5H3,(H,24,28). The fourth-order valence-electron chi connectivity index (χ4n) is 4.05. The molecule has 0 saturated carbocycles. The van der Waals surface area contributed by atoms with Gasteiger partial charge in [0.05, 0.1) is 0 Å². The third-order valence-electron chi connectivity index (χ3n) is 5.91. The van der Waals surface area contributed by atoms with Gasteiger partial charge in [-0.2, -0.15) is 0 Å². The molecule has 2 amide bonds. The van der Waals surface area contributed by atoms with Crippen molar-refractivity contribution >= 4 is 23.4 Å². The zero-order valence-electron chi connectivity index (χ0n) is 19.0. The molecule has 0 aliphatic carbocycles. The fourth-order valence-corrected chi connectivity index (χ4v) is 4.05. The molecule has 1 atom stereocenters. The van der Waals surface area contributed by atoms with Gasteiger partial charge in [0.25, 0.3) is 0 Å². The maximum absolute atomic E-state index is 12.7. The Hall–Kier alpha value is -2.28. The van der Waals surface area contributed by atoms with Gasteiger partial charge in [-0.05, 0) is 78.4 Å². The average molecular weight is 417 g/mol. The molecule has 2 heterocycles. The summed E-state index contributed by atoms with van der Waals surface area (Å²) in [4.78, 5) is 31.2. The zero-order chi connectivity index (χ0) is 21.9. The molecule has 166 valence electrons. The molecule has 1 aromatic rings. The number of nitrogens with zero attached hydrogens (tertiary/aromatic N) is 3. The minimum absolute atomic E-state index is 0.0282. The van der Waals surface area contributed by atoms with Crippen molar-refractivity contribution in [2.45, 2.75) is 51.7 Å². The van der Waals surface area contributed by atoms with E-state index in [0.29, 0.717) is 32.0 Å². The molecule has 0 radical (unpaired) electrons. The number of likely N-dealkylation sites (tertiary alicyclic amines) is 1. The van der Waals surface area contributed by atoms with E-state index in [9.17, 15) is 9.59 Å². The van der Waals surface area contributed by atoms with Crippen molar-refractivity contribution < 1.29 is 14.3 Å². The van der Waals surface area contributed by atoms with Crippen LogP contribution in [0.25, 0.3) is 0 Å². The van der Waals surface area contributed by atoms with Gasteiger partial charge in [-0.1, -0.05) is 0 Å². The van der Waals surface area contributed by atoms with Crippen LogP contribution in [0.1, 0.15) is 40.0 Å². The summed E-state index contributed by atoms with van der Waals surface area (Å²) in [5, 5.41) is 3.04. The Labute approximate surface area is 180 Å². The molecule has 2 saturated heterocycles. The Balaban J connectivity index is 1.47. The minimum Gasteiger partial charge on any atom is -0.444 e. The van der Waals surface area contributed by atoms with Gasteiger partial charge in [0.1, 0.15) is 5.60 Å². The lowest BCUT2D eigenvalue weighted by molar-refractivity contribution is -0.121. The van der Waals surface area contributed by atoms with Crippen LogP contribution in [0.15, 0.2) is 24.3 Å². The van der Waals surface area contributed by atoms with E-state index in [2.05, 4.69) is 41.3 Å². The van der Waals surface area contributed by atoms with E-state index in [4.69, 9.17) is 4.74 Å². The number of carbonyl (C=O) groups excluding carboxylic acids is 2. The Bertz CT molecular complexity index is 734. The molecule has 2 aliphatic heterocycles. The SMILES string of the molecule is CN(C)C1CCN(c2ccc(NC(=O)C3CCN(C(=O)OC(C)(C)C)CC3)cc2)C1. The first-order chi connectivity index (χ1) is 14.1. The van der Waals surface area contributed by atoms with E-state index in [1.165, 1.54) is 12.1 Å². The number of hydrogen-bond acceptors (Lipinski definition) is 5. The van der Waals surface area contributed by atoms with Crippen LogP contribution in [0.2, 0.25) is 0 Å². The summed E-state index contributed by atoms with van der Waals surface area (Å²) in [6, 6.07) is 8.71. The lowest BCUT2D eigenvalue weighted by Gasteiger charge is -2.32. The third kappa shape index (κ3) is 5.88. The molecule has 7 heteroatoms. The molecular weight excluding hydrogens is 380 g/mol. The minimum atomic E-state index is -0.500. The van der Waals surface area contributed by atoms with E-state index in [1.807, 2.05) is 32.9 Å². The van der Waals surface area contributed by atoms with E-state index in [-0.39, 0.29) is 17.9 Å². The van der Waals surface area contributed by atoms with E-state index in [1.54, 1.807) is 4.90 Å². The van der Waals surface area contributed by atoms with E-state index < -0.39 is 5.60 Å². The summed E-state index contributed by atoms with van der Waals surface area (Å²) in [6.45, 7) is 8.78. The summed E-state index contributed by atoms with van der Waals surface area (Å²) < 4.78 is 5.42. The Kier molecular flexibility index (Phi) is 6.91. The molecule has 0 aromatic heterocycles. The van der Waals surface area contributed by atoms with Crippen LogP contribution in [0.5, 0.6) is 0 Å². The molecule has 1 unspecified atom stereocenters. The molecule has 3 rings (SSSR count). The van der Waals surface area contributed by atoms with Gasteiger partial charge in [-0.25, -0.2) is 4.79 Å². The lowest BCUT2D eigenvalue weighted by atomic mass is 9.96. The van der Waals surface area contributed by atoms with Gasteiger partial charge in [0.15, 0.2) is 0 Å². The molecular formula is C23H36N4O3. The van der Waals surface area contributed by atoms with Crippen LogP contribution in [0.4, 0.5) is 16.2 Å². The molecule has 2 fully saturated rings. The zero-order valence-corrected chi connectivity index (χ0v) is 19.0. The number of rotatable bonds is 4. The number of amides is 2. The molecule has 7 nitrogen and oxygen atoms in total. The lowest BCUT2D eigenvalue weighted by Crippen LogP contribution is -2.43. The van der Waals surface area contributed by atoms with Gasteiger partial charge >= 0.3 is 6.09 Å². The van der Waals surface area contributed by atoms with Crippen molar-refractivity contribution in [3.8, 4) is 0 Å². The second kappa shape index (κ2) is 9.25. The molecule has 0 bridgehead atoms. The highest BCUT2D eigenvalue weighted by molar-refractivity contribution is 5.92. The van der Waals surface area contributed by atoms with Crippen LogP contribution in [-0.4, -0.2) is 73.7 Å². The van der Waals surface area contributed by atoms with Crippen LogP contribution >= 0.6 is 0 Å². The summed E-state index contributed by atoms with van der Waals surface area (Å²) in [6.07, 6.45) is 2.19. The van der Waals surface area contributed by atoms with Crippen molar-refractivity contribution in [3.63, 3.8) is 0 Å². The van der Waals surface area contributed by atoms with Crippen molar-refractivity contribution in [1.29, 1.82) is 0 Å². The predicted octanol–water partition coefficient (Wildman–Crippen LogP) is 3.41. The second-order valence-electron chi connectivity index (χ2n) is 9.63. The Morgan fingerprint density at radius 1 is 1.03 bits per heavy atom. The largest absolute Gasteiger partial charge is 0.444 e. The van der Waals surface area contributed by atoms with Crippen molar-refractivity contribution in [3.05, 3.63) is 24.3 Å². The van der Waals surface area contributed by atoms with Crippen molar-refractivity contribution in [2.75, 3.05) is 50.5 Å². The molecule has 0 spiro atoms. The summed E-state index contributed by atoms with van der Waals surface area (Å²) in [7, 11) is 4.26. The summed E-state index contributed by atoms with van der Waals surface area (Å²) in [5.74, 6) is -0.0526. The first-order valence-electron chi connectivity index (χ1n) is 10.9. The number of likely N-dealkylation sites (N-methyl/N-ethyl adjacent to an activating group) is 1. The molecule has 1 aromatic carbocycles. The number of anilines is 2. The number of hydrogen-bond donors (Lipinski definition) is 1. The Morgan fingerprint density at radius 2 is 1.67 bits per heavy atom. The highest BCUT2D eigenvalue weighted by Gasteiger charge is 2.30. The number of nitrogens with one attached hydrogen (secondary N) is 1.